The van der Waals surface area contributed by atoms with Gasteiger partial charge in [-0.25, -0.2) is 4.39 Å². The fraction of sp³-hybridized carbons (Fsp3) is 0.538. The minimum absolute atomic E-state index is 0.152. The molecule has 1 aliphatic rings. The Labute approximate surface area is 110 Å². The Bertz CT molecular complexity index is 386. The third-order valence-electron chi connectivity index (χ3n) is 3.07. The van der Waals surface area contributed by atoms with E-state index < -0.39 is 0 Å². The van der Waals surface area contributed by atoms with Gasteiger partial charge < -0.3 is 10.1 Å². The summed E-state index contributed by atoms with van der Waals surface area (Å²) < 4.78 is 19.9. The normalized spacial score (nSPS) is 24.9. The number of halogens is 2. The Hall–Kier alpha value is -0.450. The standard InChI is InChI=1S/C13H17BrFNO/c1-9-6-12(4-5-17-9)16-8-10-7-11(14)2-3-13(10)15/h2-3,7,9,12,16H,4-6,8H2,1H3. The molecule has 0 saturated carbocycles. The van der Waals surface area contributed by atoms with Crippen LogP contribution in [0.5, 0.6) is 0 Å². The van der Waals surface area contributed by atoms with Crippen molar-refractivity contribution in [1.29, 1.82) is 0 Å². The zero-order chi connectivity index (χ0) is 12.3. The first kappa shape index (κ1) is 13.0. The molecule has 0 aliphatic carbocycles. The molecule has 2 rings (SSSR count). The largest absolute Gasteiger partial charge is 0.378 e. The molecule has 17 heavy (non-hydrogen) atoms. The molecule has 1 saturated heterocycles. The van der Waals surface area contributed by atoms with Gasteiger partial charge in [-0.05, 0) is 38.0 Å². The van der Waals surface area contributed by atoms with Gasteiger partial charge in [0.2, 0.25) is 0 Å². The summed E-state index contributed by atoms with van der Waals surface area (Å²) in [6, 6.07) is 5.46. The fourth-order valence-electron chi connectivity index (χ4n) is 2.12. The van der Waals surface area contributed by atoms with Crippen LogP contribution in [0.1, 0.15) is 25.3 Å². The van der Waals surface area contributed by atoms with Crippen molar-refractivity contribution in [2.45, 2.75) is 38.5 Å². The van der Waals surface area contributed by atoms with E-state index in [1.54, 1.807) is 6.07 Å². The Morgan fingerprint density at radius 2 is 2.35 bits per heavy atom. The van der Waals surface area contributed by atoms with Crippen LogP contribution in [0.25, 0.3) is 0 Å². The van der Waals surface area contributed by atoms with Crippen LogP contribution >= 0.6 is 15.9 Å². The first-order valence-corrected chi connectivity index (χ1v) is 6.73. The lowest BCUT2D eigenvalue weighted by atomic mass is 10.0. The van der Waals surface area contributed by atoms with Gasteiger partial charge in [0.15, 0.2) is 0 Å². The molecule has 1 N–H and O–H groups in total. The molecule has 2 atom stereocenters. The Morgan fingerprint density at radius 1 is 1.53 bits per heavy atom. The van der Waals surface area contributed by atoms with Crippen molar-refractivity contribution in [1.82, 2.24) is 5.32 Å². The van der Waals surface area contributed by atoms with Crippen molar-refractivity contribution in [2.75, 3.05) is 6.61 Å². The second-order valence-corrected chi connectivity index (χ2v) is 5.44. The Morgan fingerprint density at radius 3 is 3.12 bits per heavy atom. The number of benzene rings is 1. The van der Waals surface area contributed by atoms with Crippen LogP contribution in [0.4, 0.5) is 4.39 Å². The van der Waals surface area contributed by atoms with E-state index in [9.17, 15) is 4.39 Å². The molecule has 0 bridgehead atoms. The van der Waals surface area contributed by atoms with Crippen molar-refractivity contribution >= 4 is 15.9 Å². The molecule has 0 aromatic heterocycles. The van der Waals surface area contributed by atoms with Gasteiger partial charge in [0.25, 0.3) is 0 Å². The van der Waals surface area contributed by atoms with Crippen molar-refractivity contribution in [3.63, 3.8) is 0 Å². The number of hydrogen-bond donors (Lipinski definition) is 1. The summed E-state index contributed by atoms with van der Waals surface area (Å²) in [6.45, 7) is 3.44. The maximum absolute atomic E-state index is 13.5. The highest BCUT2D eigenvalue weighted by atomic mass is 79.9. The number of nitrogens with one attached hydrogen (secondary N) is 1. The number of rotatable bonds is 3. The Kier molecular flexibility index (Phi) is 4.54. The van der Waals surface area contributed by atoms with E-state index in [2.05, 4.69) is 28.2 Å². The lowest BCUT2D eigenvalue weighted by molar-refractivity contribution is 0.0130. The molecule has 94 valence electrons. The SMILES string of the molecule is CC1CC(NCc2cc(Br)ccc2F)CCO1. The van der Waals surface area contributed by atoms with Crippen LogP contribution in [0.15, 0.2) is 22.7 Å². The summed E-state index contributed by atoms with van der Waals surface area (Å²) >= 11 is 3.36. The van der Waals surface area contributed by atoms with E-state index in [0.717, 1.165) is 23.9 Å². The molecule has 1 heterocycles. The summed E-state index contributed by atoms with van der Waals surface area (Å²) in [7, 11) is 0. The summed E-state index contributed by atoms with van der Waals surface area (Å²) in [5, 5.41) is 3.40. The van der Waals surface area contributed by atoms with Gasteiger partial charge >= 0.3 is 0 Å². The average molecular weight is 302 g/mol. The van der Waals surface area contributed by atoms with E-state index in [0.29, 0.717) is 24.3 Å². The molecule has 0 amide bonds. The van der Waals surface area contributed by atoms with Crippen LogP contribution in [0.2, 0.25) is 0 Å². The van der Waals surface area contributed by atoms with Gasteiger partial charge in [0.1, 0.15) is 5.82 Å². The van der Waals surface area contributed by atoms with E-state index in [1.165, 1.54) is 6.07 Å². The van der Waals surface area contributed by atoms with Crippen molar-refractivity contribution < 1.29 is 9.13 Å². The molecule has 2 unspecified atom stereocenters. The monoisotopic (exact) mass is 301 g/mol. The van der Waals surface area contributed by atoms with Gasteiger partial charge in [0, 0.05) is 29.2 Å². The maximum Gasteiger partial charge on any atom is 0.127 e. The lowest BCUT2D eigenvalue weighted by Gasteiger charge is -2.28. The molecule has 1 fully saturated rings. The molecule has 1 aromatic rings. The van der Waals surface area contributed by atoms with Gasteiger partial charge in [-0.1, -0.05) is 15.9 Å². The third kappa shape index (κ3) is 3.76. The smallest absolute Gasteiger partial charge is 0.127 e. The minimum Gasteiger partial charge on any atom is -0.378 e. The molecule has 2 nitrogen and oxygen atoms in total. The van der Waals surface area contributed by atoms with Gasteiger partial charge in [-0.3, -0.25) is 0 Å². The predicted molar refractivity (Wildman–Crippen MR) is 69.4 cm³/mol. The molecular formula is C13H17BrFNO. The highest BCUT2D eigenvalue weighted by molar-refractivity contribution is 9.10. The summed E-state index contributed by atoms with van der Waals surface area (Å²) in [5.74, 6) is -0.152. The minimum atomic E-state index is -0.152. The third-order valence-corrected chi connectivity index (χ3v) is 3.57. The van der Waals surface area contributed by atoms with E-state index >= 15 is 0 Å². The van der Waals surface area contributed by atoms with Crippen molar-refractivity contribution in [3.8, 4) is 0 Å². The summed E-state index contributed by atoms with van der Waals surface area (Å²) in [5.41, 5.74) is 0.707. The van der Waals surface area contributed by atoms with Crippen LogP contribution in [-0.4, -0.2) is 18.8 Å². The zero-order valence-electron chi connectivity index (χ0n) is 9.88. The zero-order valence-corrected chi connectivity index (χ0v) is 11.5. The van der Waals surface area contributed by atoms with E-state index in [-0.39, 0.29) is 5.82 Å². The van der Waals surface area contributed by atoms with Crippen LogP contribution in [-0.2, 0) is 11.3 Å². The highest BCUT2D eigenvalue weighted by Gasteiger charge is 2.18. The molecule has 1 aromatic carbocycles. The highest BCUT2D eigenvalue weighted by Crippen LogP contribution is 2.17. The van der Waals surface area contributed by atoms with Crippen molar-refractivity contribution in [2.24, 2.45) is 0 Å². The molecule has 0 spiro atoms. The Balaban J connectivity index is 1.90. The van der Waals surface area contributed by atoms with Gasteiger partial charge in [-0.2, -0.15) is 0 Å². The first-order chi connectivity index (χ1) is 8.15. The maximum atomic E-state index is 13.5. The lowest BCUT2D eigenvalue weighted by Crippen LogP contribution is -2.37. The quantitative estimate of drug-likeness (QED) is 0.925. The van der Waals surface area contributed by atoms with Crippen LogP contribution < -0.4 is 5.32 Å². The topological polar surface area (TPSA) is 21.3 Å². The fourth-order valence-corrected chi connectivity index (χ4v) is 2.53. The number of ether oxygens (including phenoxy) is 1. The van der Waals surface area contributed by atoms with Crippen LogP contribution in [0.3, 0.4) is 0 Å². The summed E-state index contributed by atoms with van der Waals surface area (Å²) in [6.07, 6.45) is 2.30. The molecule has 0 radical (unpaired) electrons. The molecule has 1 aliphatic heterocycles. The predicted octanol–water partition coefficient (Wildman–Crippen LogP) is 3.25. The van der Waals surface area contributed by atoms with Gasteiger partial charge in [-0.15, -0.1) is 0 Å². The van der Waals surface area contributed by atoms with Gasteiger partial charge in [0.05, 0.1) is 6.10 Å². The molecule has 4 heteroatoms. The average Bonchev–Trinajstić information content (AvgIpc) is 2.30. The summed E-state index contributed by atoms with van der Waals surface area (Å²) in [4.78, 5) is 0. The van der Waals surface area contributed by atoms with Crippen LogP contribution in [0, 0.1) is 5.82 Å². The van der Waals surface area contributed by atoms with E-state index in [4.69, 9.17) is 4.74 Å². The molecular weight excluding hydrogens is 285 g/mol. The first-order valence-electron chi connectivity index (χ1n) is 5.94. The second-order valence-electron chi connectivity index (χ2n) is 4.52. The van der Waals surface area contributed by atoms with E-state index in [1.807, 2.05) is 6.07 Å². The second kappa shape index (κ2) is 5.94. The number of hydrogen-bond acceptors (Lipinski definition) is 2. The van der Waals surface area contributed by atoms with Crippen molar-refractivity contribution in [3.05, 3.63) is 34.1 Å².